The summed E-state index contributed by atoms with van der Waals surface area (Å²) in [7, 11) is 3.28. The molecule has 0 saturated carbocycles. The van der Waals surface area contributed by atoms with Crippen LogP contribution in [0.25, 0.3) is 0 Å². The van der Waals surface area contributed by atoms with Gasteiger partial charge in [0, 0.05) is 14.1 Å². The van der Waals surface area contributed by atoms with Crippen LogP contribution >= 0.6 is 15.9 Å². The minimum Gasteiger partial charge on any atom is -0.389 e. The number of nitrogens with zero attached hydrogens (tertiary/aromatic N) is 1. The molecule has 1 amide bonds. The van der Waals surface area contributed by atoms with Gasteiger partial charge in [-0.15, -0.1) is 0 Å². The van der Waals surface area contributed by atoms with Gasteiger partial charge >= 0.3 is 0 Å². The average Bonchev–Trinajstić information content (AvgIpc) is 2.55. The van der Waals surface area contributed by atoms with Crippen molar-refractivity contribution in [2.75, 3.05) is 20.7 Å². The van der Waals surface area contributed by atoms with Crippen LogP contribution in [0.2, 0.25) is 0 Å². The number of carbonyl (C=O) groups excluding carboxylic acids is 1. The number of halogens is 1. The number of ether oxygens (including phenoxy) is 2. The first-order valence-corrected chi connectivity index (χ1v) is 6.01. The van der Waals surface area contributed by atoms with Crippen molar-refractivity contribution < 1.29 is 19.4 Å². The SMILES string of the molecule is CN(C)C(=O)[C@@H](Br)[C@H](O)[C@H]1COC(C)(C)O1. The summed E-state index contributed by atoms with van der Waals surface area (Å²) in [6.07, 6.45) is -1.40. The van der Waals surface area contributed by atoms with E-state index in [0.29, 0.717) is 0 Å². The predicted octanol–water partition coefficient (Wildman–Crippen LogP) is 0.350. The van der Waals surface area contributed by atoms with Crippen LogP contribution in [0.4, 0.5) is 0 Å². The molecule has 0 bridgehead atoms. The average molecular weight is 296 g/mol. The van der Waals surface area contributed by atoms with Crippen LogP contribution in [-0.2, 0) is 14.3 Å². The molecule has 5 nitrogen and oxygen atoms in total. The molecule has 0 aromatic heterocycles. The van der Waals surface area contributed by atoms with Gasteiger partial charge < -0.3 is 19.5 Å². The number of carbonyl (C=O) groups is 1. The molecular weight excluding hydrogens is 278 g/mol. The summed E-state index contributed by atoms with van der Waals surface area (Å²) >= 11 is 3.18. The van der Waals surface area contributed by atoms with Crippen molar-refractivity contribution in [3.8, 4) is 0 Å². The fraction of sp³-hybridized carbons (Fsp3) is 0.900. The Kier molecular flexibility index (Phi) is 4.34. The van der Waals surface area contributed by atoms with Gasteiger partial charge in [0.1, 0.15) is 17.0 Å². The highest BCUT2D eigenvalue weighted by Crippen LogP contribution is 2.27. The van der Waals surface area contributed by atoms with Gasteiger partial charge in [-0.05, 0) is 13.8 Å². The normalized spacial score (nSPS) is 27.5. The first kappa shape index (κ1) is 13.9. The van der Waals surface area contributed by atoms with Crippen molar-refractivity contribution in [2.45, 2.75) is 36.7 Å². The molecule has 1 heterocycles. The molecule has 0 radical (unpaired) electrons. The molecule has 3 atom stereocenters. The monoisotopic (exact) mass is 295 g/mol. The summed E-state index contributed by atoms with van der Waals surface area (Å²) < 4.78 is 10.8. The maximum absolute atomic E-state index is 11.6. The standard InChI is InChI=1S/C10H18BrNO4/c1-10(2)15-5-6(16-10)8(13)7(11)9(14)12(3)4/h6-8,13H,5H2,1-4H3/t6-,7+,8-/m1/s1. The maximum Gasteiger partial charge on any atom is 0.238 e. The lowest BCUT2D eigenvalue weighted by molar-refractivity contribution is -0.154. The van der Waals surface area contributed by atoms with E-state index in [4.69, 9.17) is 9.47 Å². The molecule has 0 aromatic carbocycles. The minimum atomic E-state index is -0.920. The zero-order chi connectivity index (χ0) is 12.5. The smallest absolute Gasteiger partial charge is 0.238 e. The summed E-state index contributed by atoms with van der Waals surface area (Å²) in [6, 6.07) is 0. The number of hydrogen-bond acceptors (Lipinski definition) is 4. The second-order valence-electron chi connectivity index (χ2n) is 4.49. The molecule has 1 fully saturated rings. The number of amides is 1. The van der Waals surface area contributed by atoms with Gasteiger partial charge in [0.25, 0.3) is 0 Å². The highest BCUT2D eigenvalue weighted by atomic mass is 79.9. The van der Waals surface area contributed by atoms with E-state index in [-0.39, 0.29) is 12.5 Å². The quantitative estimate of drug-likeness (QED) is 0.764. The van der Waals surface area contributed by atoms with Crippen molar-refractivity contribution in [1.29, 1.82) is 0 Å². The Balaban J connectivity index is 2.58. The minimum absolute atomic E-state index is 0.194. The fourth-order valence-corrected chi connectivity index (χ4v) is 2.21. The second kappa shape index (κ2) is 5.00. The lowest BCUT2D eigenvalue weighted by Crippen LogP contribution is -2.44. The van der Waals surface area contributed by atoms with Crippen LogP contribution in [0.3, 0.4) is 0 Å². The van der Waals surface area contributed by atoms with E-state index in [9.17, 15) is 9.90 Å². The third-order valence-corrected chi connectivity index (χ3v) is 3.32. The van der Waals surface area contributed by atoms with Gasteiger partial charge in [-0.1, -0.05) is 15.9 Å². The van der Waals surface area contributed by atoms with Gasteiger partial charge in [0.05, 0.1) is 6.61 Å². The highest BCUT2D eigenvalue weighted by Gasteiger charge is 2.41. The molecule has 0 unspecified atom stereocenters. The van der Waals surface area contributed by atoms with Gasteiger partial charge in [-0.25, -0.2) is 0 Å². The zero-order valence-corrected chi connectivity index (χ0v) is 11.5. The summed E-state index contributed by atoms with van der Waals surface area (Å²) in [6.45, 7) is 3.84. The first-order valence-electron chi connectivity index (χ1n) is 5.09. The molecular formula is C10H18BrNO4. The molecule has 16 heavy (non-hydrogen) atoms. The fourth-order valence-electron chi connectivity index (χ4n) is 1.46. The summed E-state index contributed by atoms with van der Waals surface area (Å²) in [4.78, 5) is 12.4. The Morgan fingerprint density at radius 1 is 1.56 bits per heavy atom. The Hall–Kier alpha value is -0.170. The molecule has 0 spiro atoms. The molecule has 0 aliphatic carbocycles. The van der Waals surface area contributed by atoms with Crippen LogP contribution in [-0.4, -0.2) is 59.4 Å². The van der Waals surface area contributed by atoms with Crippen LogP contribution in [0, 0.1) is 0 Å². The number of alkyl halides is 1. The molecule has 1 rings (SSSR count). The topological polar surface area (TPSA) is 59.0 Å². The molecule has 1 aliphatic rings. The van der Waals surface area contributed by atoms with Crippen LogP contribution in [0.15, 0.2) is 0 Å². The van der Waals surface area contributed by atoms with Crippen molar-refractivity contribution >= 4 is 21.8 Å². The van der Waals surface area contributed by atoms with E-state index in [2.05, 4.69) is 15.9 Å². The second-order valence-corrected chi connectivity index (χ2v) is 5.48. The van der Waals surface area contributed by atoms with E-state index in [1.165, 1.54) is 4.90 Å². The van der Waals surface area contributed by atoms with Crippen LogP contribution in [0.5, 0.6) is 0 Å². The first-order chi connectivity index (χ1) is 7.24. The molecule has 1 aliphatic heterocycles. The number of aliphatic hydroxyl groups is 1. The van der Waals surface area contributed by atoms with Crippen molar-refractivity contribution in [3.63, 3.8) is 0 Å². The van der Waals surface area contributed by atoms with Crippen molar-refractivity contribution in [3.05, 3.63) is 0 Å². The third-order valence-electron chi connectivity index (χ3n) is 2.39. The van der Waals surface area contributed by atoms with E-state index < -0.39 is 22.8 Å². The zero-order valence-electron chi connectivity index (χ0n) is 9.94. The Bertz CT molecular complexity index is 270. The van der Waals surface area contributed by atoms with E-state index in [1.807, 2.05) is 0 Å². The molecule has 0 aromatic rings. The number of rotatable bonds is 3. The third kappa shape index (κ3) is 3.16. The number of aliphatic hydroxyl groups excluding tert-OH is 1. The Morgan fingerprint density at radius 3 is 2.50 bits per heavy atom. The summed E-state index contributed by atoms with van der Waals surface area (Å²) in [5.74, 6) is -0.889. The van der Waals surface area contributed by atoms with Gasteiger partial charge in [0.15, 0.2) is 5.79 Å². The van der Waals surface area contributed by atoms with Crippen LogP contribution < -0.4 is 0 Å². The largest absolute Gasteiger partial charge is 0.389 e. The maximum atomic E-state index is 11.6. The van der Waals surface area contributed by atoms with Gasteiger partial charge in [-0.3, -0.25) is 4.79 Å². The molecule has 1 saturated heterocycles. The molecule has 1 N–H and O–H groups in total. The van der Waals surface area contributed by atoms with E-state index >= 15 is 0 Å². The Labute approximate surface area is 104 Å². The molecule has 6 heteroatoms. The Morgan fingerprint density at radius 2 is 2.12 bits per heavy atom. The van der Waals surface area contributed by atoms with Crippen molar-refractivity contribution in [2.24, 2.45) is 0 Å². The van der Waals surface area contributed by atoms with Crippen molar-refractivity contribution in [1.82, 2.24) is 4.90 Å². The van der Waals surface area contributed by atoms with Gasteiger partial charge in [-0.2, -0.15) is 0 Å². The summed E-state index contributed by atoms with van der Waals surface area (Å²) in [5, 5.41) is 9.97. The van der Waals surface area contributed by atoms with Gasteiger partial charge in [0.2, 0.25) is 5.91 Å². The van der Waals surface area contributed by atoms with E-state index in [1.54, 1.807) is 27.9 Å². The van der Waals surface area contributed by atoms with E-state index in [0.717, 1.165) is 0 Å². The van der Waals surface area contributed by atoms with Crippen LogP contribution in [0.1, 0.15) is 13.8 Å². The predicted molar refractivity (Wildman–Crippen MR) is 62.3 cm³/mol. The molecule has 94 valence electrons. The highest BCUT2D eigenvalue weighted by molar-refractivity contribution is 9.10. The number of hydrogen-bond donors (Lipinski definition) is 1. The lowest BCUT2D eigenvalue weighted by Gasteiger charge is -2.25. The summed E-state index contributed by atoms with van der Waals surface area (Å²) in [5.41, 5.74) is 0. The lowest BCUT2D eigenvalue weighted by atomic mass is 10.1.